The van der Waals surface area contributed by atoms with E-state index in [-0.39, 0.29) is 11.7 Å². The molecule has 1 unspecified atom stereocenters. The molecule has 1 aliphatic heterocycles. The fraction of sp³-hybridized carbons (Fsp3) is 0.429. The van der Waals surface area contributed by atoms with Crippen molar-refractivity contribution in [2.24, 2.45) is 0 Å². The van der Waals surface area contributed by atoms with Crippen molar-refractivity contribution < 1.29 is 9.59 Å². The lowest BCUT2D eigenvalue weighted by Gasteiger charge is -2.32. The Kier molecular flexibility index (Phi) is 4.89. The third kappa shape index (κ3) is 3.25. The smallest absolute Gasteiger partial charge is 0.313 e. The Morgan fingerprint density at radius 2 is 1.90 bits per heavy atom. The molecule has 0 aromatic heterocycles. The summed E-state index contributed by atoms with van der Waals surface area (Å²) < 4.78 is 0. The van der Waals surface area contributed by atoms with E-state index < -0.39 is 11.8 Å². The Hall–Kier alpha value is -1.26. The molecule has 0 radical (unpaired) electrons. The highest BCUT2D eigenvalue weighted by Gasteiger charge is 2.28. The molecule has 0 spiro atoms. The minimum atomic E-state index is -0.700. The number of halogens is 2. The molecule has 0 saturated carbocycles. The first kappa shape index (κ1) is 15.1. The third-order valence-electron chi connectivity index (χ3n) is 3.46. The van der Waals surface area contributed by atoms with Gasteiger partial charge in [-0.25, -0.2) is 0 Å². The molecular formula is C14H16Cl2N2O2. The fourth-order valence-corrected chi connectivity index (χ4v) is 2.81. The van der Waals surface area contributed by atoms with E-state index in [2.05, 4.69) is 5.32 Å². The summed E-state index contributed by atoms with van der Waals surface area (Å²) in [5, 5.41) is 3.12. The molecule has 1 saturated heterocycles. The maximum absolute atomic E-state index is 12.2. The number of rotatable bonds is 1. The highest BCUT2D eigenvalue weighted by Crippen LogP contribution is 2.30. The molecule has 1 atom stereocenters. The van der Waals surface area contributed by atoms with Crippen LogP contribution in [0.1, 0.15) is 26.2 Å². The minimum absolute atomic E-state index is 0.0868. The number of carbonyl (C=O) groups is 2. The van der Waals surface area contributed by atoms with Crippen molar-refractivity contribution in [2.45, 2.75) is 32.2 Å². The first-order valence-electron chi connectivity index (χ1n) is 6.56. The van der Waals surface area contributed by atoms with Crippen LogP contribution in [0.4, 0.5) is 5.69 Å². The number of piperidine rings is 1. The molecular weight excluding hydrogens is 299 g/mol. The lowest BCUT2D eigenvalue weighted by molar-refractivity contribution is -0.145. The normalized spacial score (nSPS) is 18.8. The first-order valence-corrected chi connectivity index (χ1v) is 7.32. The number of benzene rings is 1. The molecule has 0 aliphatic carbocycles. The number of para-hydroxylation sites is 1. The van der Waals surface area contributed by atoms with Gasteiger partial charge in [-0.1, -0.05) is 29.3 Å². The zero-order valence-corrected chi connectivity index (χ0v) is 12.7. The van der Waals surface area contributed by atoms with Gasteiger partial charge in [0, 0.05) is 12.6 Å². The molecule has 0 bridgehead atoms. The van der Waals surface area contributed by atoms with Gasteiger partial charge in [-0.05, 0) is 38.3 Å². The topological polar surface area (TPSA) is 49.4 Å². The predicted octanol–water partition coefficient (Wildman–Crippen LogP) is 3.33. The number of likely N-dealkylation sites (tertiary alicyclic amines) is 1. The summed E-state index contributed by atoms with van der Waals surface area (Å²) in [5.74, 6) is -1.23. The molecule has 4 nitrogen and oxygen atoms in total. The van der Waals surface area contributed by atoms with Gasteiger partial charge in [0.05, 0.1) is 15.7 Å². The average molecular weight is 315 g/mol. The van der Waals surface area contributed by atoms with Gasteiger partial charge >= 0.3 is 11.8 Å². The van der Waals surface area contributed by atoms with E-state index in [1.165, 1.54) is 0 Å². The number of nitrogens with one attached hydrogen (secondary N) is 1. The molecule has 1 fully saturated rings. The monoisotopic (exact) mass is 314 g/mol. The molecule has 108 valence electrons. The number of nitrogens with zero attached hydrogens (tertiary/aromatic N) is 1. The number of hydrogen-bond acceptors (Lipinski definition) is 2. The second kappa shape index (κ2) is 6.46. The minimum Gasteiger partial charge on any atom is -0.332 e. The fourth-order valence-electron chi connectivity index (χ4n) is 2.31. The predicted molar refractivity (Wildman–Crippen MR) is 80.1 cm³/mol. The van der Waals surface area contributed by atoms with E-state index in [9.17, 15) is 9.59 Å². The standard InChI is InChI=1S/C14H16Cl2N2O2/c1-9-5-2-3-8-18(9)14(20)13(19)17-12-10(15)6-4-7-11(12)16/h4,6-7,9H,2-3,5,8H2,1H3,(H,17,19). The molecule has 1 aromatic rings. The van der Waals surface area contributed by atoms with Crippen molar-refractivity contribution >= 4 is 40.7 Å². The van der Waals surface area contributed by atoms with Crippen LogP contribution in [0.2, 0.25) is 10.0 Å². The zero-order valence-electron chi connectivity index (χ0n) is 11.2. The highest BCUT2D eigenvalue weighted by atomic mass is 35.5. The van der Waals surface area contributed by atoms with E-state index in [1.807, 2.05) is 6.92 Å². The summed E-state index contributed by atoms with van der Waals surface area (Å²) in [4.78, 5) is 25.8. The SMILES string of the molecule is CC1CCCCN1C(=O)C(=O)Nc1c(Cl)cccc1Cl. The zero-order chi connectivity index (χ0) is 14.7. The lowest BCUT2D eigenvalue weighted by Crippen LogP contribution is -2.47. The lowest BCUT2D eigenvalue weighted by atomic mass is 10.0. The number of hydrogen-bond donors (Lipinski definition) is 1. The van der Waals surface area contributed by atoms with Crippen LogP contribution in [0, 0.1) is 0 Å². The number of anilines is 1. The summed E-state index contributed by atoms with van der Waals surface area (Å²) in [6.45, 7) is 2.57. The third-order valence-corrected chi connectivity index (χ3v) is 4.09. The van der Waals surface area contributed by atoms with Gasteiger partial charge in [0.25, 0.3) is 0 Å². The average Bonchev–Trinajstić information content (AvgIpc) is 2.42. The summed E-state index contributed by atoms with van der Waals surface area (Å²) in [6.07, 6.45) is 2.94. The van der Waals surface area contributed by atoms with Crippen LogP contribution in [-0.4, -0.2) is 29.3 Å². The van der Waals surface area contributed by atoms with Crippen molar-refractivity contribution in [1.82, 2.24) is 4.90 Å². The summed E-state index contributed by atoms with van der Waals surface area (Å²) in [7, 11) is 0. The van der Waals surface area contributed by atoms with Gasteiger partial charge < -0.3 is 10.2 Å². The van der Waals surface area contributed by atoms with Crippen LogP contribution < -0.4 is 5.32 Å². The highest BCUT2D eigenvalue weighted by molar-refractivity contribution is 6.44. The van der Waals surface area contributed by atoms with Crippen molar-refractivity contribution in [2.75, 3.05) is 11.9 Å². The molecule has 1 aromatic carbocycles. The number of carbonyl (C=O) groups excluding carboxylic acids is 2. The molecule has 1 heterocycles. The second-order valence-electron chi connectivity index (χ2n) is 4.89. The van der Waals surface area contributed by atoms with Gasteiger partial charge in [0.15, 0.2) is 0 Å². The van der Waals surface area contributed by atoms with E-state index in [4.69, 9.17) is 23.2 Å². The molecule has 1 aliphatic rings. The van der Waals surface area contributed by atoms with Crippen LogP contribution in [-0.2, 0) is 9.59 Å². The van der Waals surface area contributed by atoms with Gasteiger partial charge in [0.1, 0.15) is 0 Å². The Labute approximate surface area is 128 Å². The van der Waals surface area contributed by atoms with Crippen LogP contribution in [0.5, 0.6) is 0 Å². The summed E-state index contributed by atoms with van der Waals surface area (Å²) in [5.41, 5.74) is 0.277. The van der Waals surface area contributed by atoms with E-state index in [1.54, 1.807) is 23.1 Å². The van der Waals surface area contributed by atoms with Crippen molar-refractivity contribution in [1.29, 1.82) is 0 Å². The van der Waals surface area contributed by atoms with E-state index in [0.29, 0.717) is 16.6 Å². The quantitative estimate of drug-likeness (QED) is 0.808. The first-order chi connectivity index (χ1) is 9.50. The summed E-state index contributed by atoms with van der Waals surface area (Å²) in [6, 6.07) is 4.98. The summed E-state index contributed by atoms with van der Waals surface area (Å²) >= 11 is 11.9. The van der Waals surface area contributed by atoms with Crippen LogP contribution in [0.15, 0.2) is 18.2 Å². The van der Waals surface area contributed by atoms with Crippen molar-refractivity contribution in [3.63, 3.8) is 0 Å². The van der Waals surface area contributed by atoms with Crippen LogP contribution in [0.25, 0.3) is 0 Å². The molecule has 2 rings (SSSR count). The van der Waals surface area contributed by atoms with Gasteiger partial charge in [-0.15, -0.1) is 0 Å². The van der Waals surface area contributed by atoms with Crippen LogP contribution >= 0.6 is 23.2 Å². The van der Waals surface area contributed by atoms with Gasteiger partial charge in [0.2, 0.25) is 0 Å². The maximum atomic E-state index is 12.2. The van der Waals surface area contributed by atoms with Gasteiger partial charge in [-0.2, -0.15) is 0 Å². The van der Waals surface area contributed by atoms with Crippen molar-refractivity contribution in [3.8, 4) is 0 Å². The molecule has 2 amide bonds. The second-order valence-corrected chi connectivity index (χ2v) is 5.71. The van der Waals surface area contributed by atoms with E-state index >= 15 is 0 Å². The Balaban J connectivity index is 2.10. The molecule has 20 heavy (non-hydrogen) atoms. The largest absolute Gasteiger partial charge is 0.332 e. The Morgan fingerprint density at radius 3 is 2.50 bits per heavy atom. The van der Waals surface area contributed by atoms with Crippen molar-refractivity contribution in [3.05, 3.63) is 28.2 Å². The van der Waals surface area contributed by atoms with Gasteiger partial charge in [-0.3, -0.25) is 9.59 Å². The maximum Gasteiger partial charge on any atom is 0.313 e. The molecule has 6 heteroatoms. The Morgan fingerprint density at radius 1 is 1.25 bits per heavy atom. The van der Waals surface area contributed by atoms with Crippen LogP contribution in [0.3, 0.4) is 0 Å². The van der Waals surface area contributed by atoms with E-state index in [0.717, 1.165) is 19.3 Å². The molecule has 1 N–H and O–H groups in total. The Bertz CT molecular complexity index is 514. The number of amides is 2.